The zero-order valence-electron chi connectivity index (χ0n) is 9.44. The second-order valence-corrected chi connectivity index (χ2v) is 3.69. The average Bonchev–Trinajstić information content (AvgIpc) is 2.35. The maximum Gasteiger partial charge on any atom is 0.290 e. The number of nitrogens with zero attached hydrogens (tertiary/aromatic N) is 1. The van der Waals surface area contributed by atoms with Crippen LogP contribution >= 0.6 is 0 Å². The van der Waals surface area contributed by atoms with Gasteiger partial charge in [0.1, 0.15) is 17.3 Å². The standard InChI is InChI=1S/C13H10F2N2O/c14-10-5-4-6-11(15)13(10)16-12(18)9-17-7-2-1-3-8-17/h1-8H,9H2/p+1. The molecular formula is C13H11F2N2O+. The van der Waals surface area contributed by atoms with Gasteiger partial charge in [0, 0.05) is 12.1 Å². The number of pyridine rings is 1. The zero-order chi connectivity index (χ0) is 13.0. The first kappa shape index (κ1) is 12.2. The Morgan fingerprint density at radius 1 is 1.06 bits per heavy atom. The van der Waals surface area contributed by atoms with E-state index in [2.05, 4.69) is 5.32 Å². The Hall–Kier alpha value is -2.30. The van der Waals surface area contributed by atoms with Gasteiger partial charge in [-0.25, -0.2) is 8.78 Å². The first-order valence-electron chi connectivity index (χ1n) is 5.35. The number of benzene rings is 1. The molecule has 1 amide bonds. The van der Waals surface area contributed by atoms with E-state index in [4.69, 9.17) is 0 Å². The summed E-state index contributed by atoms with van der Waals surface area (Å²) in [6, 6.07) is 8.76. The van der Waals surface area contributed by atoms with Gasteiger partial charge in [-0.3, -0.25) is 4.79 Å². The van der Waals surface area contributed by atoms with Crippen LogP contribution in [0, 0.1) is 11.6 Å². The Balaban J connectivity index is 2.08. The first-order valence-corrected chi connectivity index (χ1v) is 5.35. The minimum atomic E-state index is -0.790. The van der Waals surface area contributed by atoms with Gasteiger partial charge in [0.05, 0.1) is 0 Å². The van der Waals surface area contributed by atoms with Crippen molar-refractivity contribution in [2.75, 3.05) is 5.32 Å². The lowest BCUT2D eigenvalue weighted by Gasteiger charge is -2.05. The summed E-state index contributed by atoms with van der Waals surface area (Å²) in [5, 5.41) is 2.22. The highest BCUT2D eigenvalue weighted by Gasteiger charge is 2.14. The normalized spacial score (nSPS) is 10.1. The minimum Gasteiger partial charge on any atom is -0.316 e. The molecular weight excluding hydrogens is 238 g/mol. The summed E-state index contributed by atoms with van der Waals surface area (Å²) < 4.78 is 28.2. The molecule has 0 saturated heterocycles. The number of hydrogen-bond donors (Lipinski definition) is 1. The Morgan fingerprint density at radius 3 is 2.28 bits per heavy atom. The van der Waals surface area contributed by atoms with E-state index in [0.29, 0.717) is 0 Å². The second kappa shape index (κ2) is 5.35. The molecule has 0 fully saturated rings. The van der Waals surface area contributed by atoms with E-state index in [9.17, 15) is 13.6 Å². The van der Waals surface area contributed by atoms with Crippen LogP contribution in [0.3, 0.4) is 0 Å². The van der Waals surface area contributed by atoms with Crippen LogP contribution in [0.1, 0.15) is 0 Å². The van der Waals surface area contributed by atoms with Crippen molar-refractivity contribution in [2.24, 2.45) is 0 Å². The zero-order valence-corrected chi connectivity index (χ0v) is 9.44. The molecule has 0 saturated carbocycles. The van der Waals surface area contributed by atoms with Gasteiger partial charge in [-0.15, -0.1) is 0 Å². The van der Waals surface area contributed by atoms with Crippen molar-refractivity contribution in [3.05, 3.63) is 60.4 Å². The Labute approximate surface area is 103 Å². The van der Waals surface area contributed by atoms with E-state index in [1.54, 1.807) is 29.1 Å². The summed E-state index contributed by atoms with van der Waals surface area (Å²) in [6.07, 6.45) is 3.38. The lowest BCUT2D eigenvalue weighted by Crippen LogP contribution is -2.39. The molecule has 1 aromatic carbocycles. The summed E-state index contributed by atoms with van der Waals surface area (Å²) in [5.41, 5.74) is -0.418. The summed E-state index contributed by atoms with van der Waals surface area (Å²) in [7, 11) is 0. The van der Waals surface area contributed by atoms with Gasteiger partial charge in [0.25, 0.3) is 5.91 Å². The summed E-state index contributed by atoms with van der Waals surface area (Å²) >= 11 is 0. The van der Waals surface area contributed by atoms with Crippen molar-refractivity contribution in [1.82, 2.24) is 0 Å². The number of carbonyl (C=O) groups excluding carboxylic acids is 1. The number of aromatic nitrogens is 1. The number of carbonyl (C=O) groups is 1. The number of rotatable bonds is 3. The van der Waals surface area contributed by atoms with Gasteiger partial charge in [-0.1, -0.05) is 12.1 Å². The number of halogens is 2. The van der Waals surface area contributed by atoms with Crippen LogP contribution in [0.15, 0.2) is 48.8 Å². The quantitative estimate of drug-likeness (QED) is 0.828. The van der Waals surface area contributed by atoms with E-state index < -0.39 is 23.2 Å². The smallest absolute Gasteiger partial charge is 0.290 e. The fraction of sp³-hybridized carbons (Fsp3) is 0.0769. The molecule has 1 heterocycles. The maximum atomic E-state index is 13.3. The van der Waals surface area contributed by atoms with E-state index >= 15 is 0 Å². The molecule has 3 nitrogen and oxygen atoms in total. The fourth-order valence-electron chi connectivity index (χ4n) is 1.50. The van der Waals surface area contributed by atoms with Crippen molar-refractivity contribution in [3.8, 4) is 0 Å². The van der Waals surface area contributed by atoms with E-state index in [1.807, 2.05) is 6.07 Å². The van der Waals surface area contributed by atoms with E-state index in [1.165, 1.54) is 6.07 Å². The van der Waals surface area contributed by atoms with Crippen molar-refractivity contribution >= 4 is 11.6 Å². The van der Waals surface area contributed by atoms with Crippen LogP contribution in [0.4, 0.5) is 14.5 Å². The number of anilines is 1. The maximum absolute atomic E-state index is 13.3. The fourth-order valence-corrected chi connectivity index (χ4v) is 1.50. The Kier molecular flexibility index (Phi) is 3.62. The first-order chi connectivity index (χ1) is 8.66. The molecule has 18 heavy (non-hydrogen) atoms. The molecule has 5 heteroatoms. The summed E-state index contributed by atoms with van der Waals surface area (Å²) in [5.74, 6) is -2.07. The predicted octanol–water partition coefficient (Wildman–Crippen LogP) is 1.89. The minimum absolute atomic E-state index is 0.00534. The number of hydrogen-bond acceptors (Lipinski definition) is 1. The average molecular weight is 249 g/mol. The van der Waals surface area contributed by atoms with Crippen molar-refractivity contribution in [1.29, 1.82) is 0 Å². The van der Waals surface area contributed by atoms with Crippen LogP contribution in [0.25, 0.3) is 0 Å². The number of amides is 1. The van der Waals surface area contributed by atoms with Crippen LogP contribution < -0.4 is 9.88 Å². The predicted molar refractivity (Wildman–Crippen MR) is 61.6 cm³/mol. The van der Waals surface area contributed by atoms with Gasteiger partial charge in [-0.05, 0) is 12.1 Å². The number of para-hydroxylation sites is 1. The van der Waals surface area contributed by atoms with Crippen molar-refractivity contribution in [2.45, 2.75) is 6.54 Å². The Bertz CT molecular complexity index is 538. The molecule has 1 aromatic heterocycles. The topological polar surface area (TPSA) is 33.0 Å². The van der Waals surface area contributed by atoms with E-state index in [0.717, 1.165) is 12.1 Å². The van der Waals surface area contributed by atoms with Crippen LogP contribution in [-0.4, -0.2) is 5.91 Å². The third-order valence-corrected chi connectivity index (χ3v) is 2.33. The number of nitrogens with one attached hydrogen (secondary N) is 1. The monoisotopic (exact) mass is 249 g/mol. The van der Waals surface area contributed by atoms with Gasteiger partial charge in [0.2, 0.25) is 6.54 Å². The highest BCUT2D eigenvalue weighted by molar-refractivity contribution is 5.89. The largest absolute Gasteiger partial charge is 0.316 e. The third kappa shape index (κ3) is 2.88. The molecule has 2 aromatic rings. The molecule has 0 unspecified atom stereocenters. The highest BCUT2D eigenvalue weighted by atomic mass is 19.1. The summed E-state index contributed by atoms with van der Waals surface area (Å²) in [4.78, 5) is 11.6. The van der Waals surface area contributed by atoms with Gasteiger partial charge in [0.15, 0.2) is 12.4 Å². The van der Waals surface area contributed by atoms with Crippen molar-refractivity contribution in [3.63, 3.8) is 0 Å². The highest BCUT2D eigenvalue weighted by Crippen LogP contribution is 2.17. The lowest BCUT2D eigenvalue weighted by molar-refractivity contribution is -0.684. The van der Waals surface area contributed by atoms with Gasteiger partial charge < -0.3 is 5.32 Å². The molecule has 0 spiro atoms. The third-order valence-electron chi connectivity index (χ3n) is 2.33. The molecule has 2 rings (SSSR count). The van der Waals surface area contributed by atoms with Gasteiger partial charge >= 0.3 is 0 Å². The van der Waals surface area contributed by atoms with Crippen LogP contribution in [-0.2, 0) is 11.3 Å². The molecule has 0 aliphatic carbocycles. The molecule has 0 aliphatic rings. The molecule has 0 bridgehead atoms. The molecule has 0 atom stereocenters. The molecule has 0 radical (unpaired) electrons. The Morgan fingerprint density at radius 2 is 1.67 bits per heavy atom. The molecule has 92 valence electrons. The summed E-state index contributed by atoms with van der Waals surface area (Å²) in [6.45, 7) is -0.00534. The molecule has 0 aliphatic heterocycles. The van der Waals surface area contributed by atoms with Crippen LogP contribution in [0.2, 0.25) is 0 Å². The lowest BCUT2D eigenvalue weighted by atomic mass is 10.3. The molecule has 1 N–H and O–H groups in total. The van der Waals surface area contributed by atoms with Crippen molar-refractivity contribution < 1.29 is 18.1 Å². The van der Waals surface area contributed by atoms with E-state index in [-0.39, 0.29) is 6.54 Å². The second-order valence-electron chi connectivity index (χ2n) is 3.69. The van der Waals surface area contributed by atoms with Crippen LogP contribution in [0.5, 0.6) is 0 Å². The SMILES string of the molecule is O=C(C[n+]1ccccc1)Nc1c(F)cccc1F. The van der Waals surface area contributed by atoms with Gasteiger partial charge in [-0.2, -0.15) is 4.57 Å².